The lowest BCUT2D eigenvalue weighted by molar-refractivity contribution is -0.128. The number of aromatic nitrogens is 1. The molecule has 2 N–H and O–H groups in total. The number of urea groups is 1. The number of ether oxygens (including phenoxy) is 1. The predicted molar refractivity (Wildman–Crippen MR) is 128 cm³/mol. The largest absolute Gasteiger partial charge is 0.497 e. The van der Waals surface area contributed by atoms with Crippen molar-refractivity contribution < 1.29 is 23.9 Å². The van der Waals surface area contributed by atoms with Crippen molar-refractivity contribution in [2.75, 3.05) is 17.3 Å². The van der Waals surface area contributed by atoms with Gasteiger partial charge in [-0.15, -0.1) is 0 Å². The Labute approximate surface area is 205 Å². The van der Waals surface area contributed by atoms with E-state index in [9.17, 15) is 19.2 Å². The third kappa shape index (κ3) is 5.22. The molecule has 0 unspecified atom stereocenters. The molecule has 3 aromatic rings. The van der Waals surface area contributed by atoms with E-state index in [4.69, 9.17) is 16.3 Å². The molecule has 1 aliphatic heterocycles. The Hall–Kier alpha value is -4.44. The summed E-state index contributed by atoms with van der Waals surface area (Å²) in [6.07, 6.45) is 2.47. The molecule has 11 heteroatoms. The number of amides is 5. The van der Waals surface area contributed by atoms with E-state index in [-0.39, 0.29) is 17.7 Å². The van der Waals surface area contributed by atoms with E-state index in [2.05, 4.69) is 15.7 Å². The van der Waals surface area contributed by atoms with Crippen LogP contribution >= 0.6 is 11.6 Å². The summed E-state index contributed by atoms with van der Waals surface area (Å²) in [7, 11) is 1.52. The highest BCUT2D eigenvalue weighted by Crippen LogP contribution is 2.26. The number of imide groups is 1. The predicted octanol–water partition coefficient (Wildman–Crippen LogP) is 3.25. The summed E-state index contributed by atoms with van der Waals surface area (Å²) in [6.45, 7) is 0. The molecule has 1 aliphatic rings. The fourth-order valence-corrected chi connectivity index (χ4v) is 3.58. The van der Waals surface area contributed by atoms with E-state index in [0.717, 1.165) is 9.91 Å². The molecule has 1 fully saturated rings. The van der Waals surface area contributed by atoms with Gasteiger partial charge in [-0.25, -0.2) is 14.7 Å². The molecular formula is C24H20ClN5O5. The Balaban J connectivity index is 1.63. The van der Waals surface area contributed by atoms with Crippen molar-refractivity contribution >= 4 is 46.7 Å². The summed E-state index contributed by atoms with van der Waals surface area (Å²) >= 11 is 5.93. The minimum atomic E-state index is -1.30. The summed E-state index contributed by atoms with van der Waals surface area (Å²) < 4.78 is 5.11. The van der Waals surface area contributed by atoms with E-state index < -0.39 is 29.8 Å². The van der Waals surface area contributed by atoms with Crippen LogP contribution in [0.15, 0.2) is 73.1 Å². The number of methoxy groups -OCH3 is 1. The molecule has 35 heavy (non-hydrogen) atoms. The number of nitrogens with one attached hydrogen (secondary N) is 2. The number of rotatable bonds is 6. The molecule has 5 amide bonds. The number of pyridine rings is 1. The third-order valence-corrected chi connectivity index (χ3v) is 5.49. The SMILES string of the molecule is COc1ccc(NC(=O)[C@H]2CC(=O)N(c3ccc(Cl)cc3)C(=O)N2NC(=O)c2ccncc2)cc1. The summed E-state index contributed by atoms with van der Waals surface area (Å²) in [5, 5.41) is 3.95. The van der Waals surface area contributed by atoms with E-state index in [1.165, 1.54) is 55.9 Å². The normalized spacial score (nSPS) is 15.5. The van der Waals surface area contributed by atoms with Crippen molar-refractivity contribution in [1.29, 1.82) is 0 Å². The maximum atomic E-state index is 13.4. The number of halogens is 1. The minimum Gasteiger partial charge on any atom is -0.497 e. The van der Waals surface area contributed by atoms with Gasteiger partial charge >= 0.3 is 6.03 Å². The molecule has 0 spiro atoms. The van der Waals surface area contributed by atoms with Crippen molar-refractivity contribution in [3.8, 4) is 5.75 Å². The summed E-state index contributed by atoms with van der Waals surface area (Å²) in [6, 6.07) is 13.3. The lowest BCUT2D eigenvalue weighted by atomic mass is 10.1. The fourth-order valence-electron chi connectivity index (χ4n) is 3.45. The topological polar surface area (TPSA) is 121 Å². The van der Waals surface area contributed by atoms with Crippen molar-refractivity contribution in [3.63, 3.8) is 0 Å². The lowest BCUT2D eigenvalue weighted by Gasteiger charge is -2.38. The van der Waals surface area contributed by atoms with Gasteiger partial charge in [-0.2, -0.15) is 0 Å². The first-order valence-electron chi connectivity index (χ1n) is 10.4. The second kappa shape index (κ2) is 10.2. The molecule has 2 aromatic carbocycles. The zero-order valence-corrected chi connectivity index (χ0v) is 19.2. The van der Waals surface area contributed by atoms with Crippen LogP contribution in [0.4, 0.5) is 16.2 Å². The van der Waals surface area contributed by atoms with Gasteiger partial charge in [0.1, 0.15) is 11.8 Å². The number of anilines is 2. The summed E-state index contributed by atoms with van der Waals surface area (Å²) in [4.78, 5) is 57.1. The van der Waals surface area contributed by atoms with Crippen molar-refractivity contribution in [2.24, 2.45) is 0 Å². The van der Waals surface area contributed by atoms with Crippen LogP contribution in [0, 0.1) is 0 Å². The average molecular weight is 494 g/mol. The molecular weight excluding hydrogens is 474 g/mol. The minimum absolute atomic E-state index is 0.219. The van der Waals surface area contributed by atoms with Crippen molar-refractivity contribution in [1.82, 2.24) is 15.4 Å². The standard InChI is InChI=1S/C24H20ClN5O5/c1-35-19-8-4-17(5-9-19)27-23(33)20-14-21(31)29(18-6-2-16(25)3-7-18)24(34)30(20)28-22(32)15-10-12-26-13-11-15/h2-13,20H,14H2,1H3,(H,27,33)(H,28,32)/t20-/m1/s1. The van der Waals surface area contributed by atoms with Gasteiger partial charge in [0.2, 0.25) is 11.8 Å². The monoisotopic (exact) mass is 493 g/mol. The van der Waals surface area contributed by atoms with Crippen molar-refractivity contribution in [3.05, 3.63) is 83.6 Å². The number of hydrogen-bond donors (Lipinski definition) is 2. The Morgan fingerprint density at radius 2 is 1.66 bits per heavy atom. The van der Waals surface area contributed by atoms with Gasteiger partial charge in [-0.1, -0.05) is 11.6 Å². The van der Waals surface area contributed by atoms with Crippen molar-refractivity contribution in [2.45, 2.75) is 12.5 Å². The van der Waals surface area contributed by atoms with Crippen LogP contribution in [0.25, 0.3) is 0 Å². The Morgan fingerprint density at radius 1 is 1.00 bits per heavy atom. The molecule has 1 saturated heterocycles. The quantitative estimate of drug-likeness (QED) is 0.543. The Kier molecular flexibility index (Phi) is 6.93. The van der Waals surface area contributed by atoms with Crippen LogP contribution in [-0.4, -0.2) is 46.9 Å². The Morgan fingerprint density at radius 3 is 2.29 bits per heavy atom. The first-order valence-corrected chi connectivity index (χ1v) is 10.8. The van der Waals surface area contributed by atoms with Crippen LogP contribution in [0.5, 0.6) is 5.75 Å². The molecule has 178 valence electrons. The zero-order chi connectivity index (χ0) is 24.9. The number of carbonyl (C=O) groups excluding carboxylic acids is 4. The number of nitrogens with zero attached hydrogens (tertiary/aromatic N) is 3. The maximum Gasteiger partial charge on any atom is 0.350 e. The average Bonchev–Trinajstić information content (AvgIpc) is 2.87. The van der Waals surface area contributed by atoms with Crippen LogP contribution in [0.1, 0.15) is 16.8 Å². The second-order valence-corrected chi connectivity index (χ2v) is 7.91. The van der Waals surface area contributed by atoms with Gasteiger partial charge in [0, 0.05) is 28.7 Å². The fraction of sp³-hybridized carbons (Fsp3) is 0.125. The van der Waals surface area contributed by atoms with Crippen LogP contribution < -0.4 is 20.4 Å². The number of hydrogen-bond acceptors (Lipinski definition) is 6. The highest BCUT2D eigenvalue weighted by atomic mass is 35.5. The van der Waals surface area contributed by atoms with Gasteiger partial charge < -0.3 is 10.1 Å². The van der Waals surface area contributed by atoms with Gasteiger partial charge in [0.15, 0.2) is 0 Å². The van der Waals surface area contributed by atoms with Crippen LogP contribution in [-0.2, 0) is 9.59 Å². The highest BCUT2D eigenvalue weighted by Gasteiger charge is 2.44. The van der Waals surface area contributed by atoms with Gasteiger partial charge in [-0.3, -0.25) is 24.8 Å². The first-order chi connectivity index (χ1) is 16.9. The smallest absolute Gasteiger partial charge is 0.350 e. The van der Waals surface area contributed by atoms with Gasteiger partial charge in [-0.05, 0) is 60.7 Å². The number of benzene rings is 2. The van der Waals surface area contributed by atoms with Gasteiger partial charge in [0.05, 0.1) is 19.2 Å². The molecule has 0 saturated carbocycles. The molecule has 4 rings (SSSR count). The molecule has 2 heterocycles. The van der Waals surface area contributed by atoms with E-state index in [0.29, 0.717) is 16.5 Å². The summed E-state index contributed by atoms with van der Waals surface area (Å²) in [5.41, 5.74) is 3.37. The number of hydrazine groups is 1. The van der Waals surface area contributed by atoms with E-state index in [1.54, 1.807) is 24.3 Å². The Bertz CT molecular complexity index is 1250. The summed E-state index contributed by atoms with van der Waals surface area (Å²) in [5.74, 6) is -1.31. The maximum absolute atomic E-state index is 13.4. The number of carbonyl (C=O) groups is 4. The highest BCUT2D eigenvalue weighted by molar-refractivity contribution is 6.30. The molecule has 0 bridgehead atoms. The molecule has 0 radical (unpaired) electrons. The molecule has 10 nitrogen and oxygen atoms in total. The molecule has 0 aliphatic carbocycles. The van der Waals surface area contributed by atoms with Crippen LogP contribution in [0.2, 0.25) is 5.02 Å². The van der Waals surface area contributed by atoms with Gasteiger partial charge in [0.25, 0.3) is 5.91 Å². The molecule has 1 atom stereocenters. The molecule has 1 aromatic heterocycles. The second-order valence-electron chi connectivity index (χ2n) is 7.47. The van der Waals surface area contributed by atoms with E-state index >= 15 is 0 Å². The first kappa shape index (κ1) is 23.7. The third-order valence-electron chi connectivity index (χ3n) is 5.24. The lowest BCUT2D eigenvalue weighted by Crippen LogP contribution is -2.65. The van der Waals surface area contributed by atoms with E-state index in [1.807, 2.05) is 0 Å². The zero-order valence-electron chi connectivity index (χ0n) is 18.5. The van der Waals surface area contributed by atoms with Crippen LogP contribution in [0.3, 0.4) is 0 Å².